The van der Waals surface area contributed by atoms with E-state index >= 15 is 0 Å². The minimum atomic E-state index is -1.09. The Labute approximate surface area is 106 Å². The van der Waals surface area contributed by atoms with Crippen molar-refractivity contribution in [3.63, 3.8) is 0 Å². The number of hydrogen-bond donors (Lipinski definition) is 2. The van der Waals surface area contributed by atoms with Gasteiger partial charge in [-0.1, -0.05) is 12.1 Å². The number of benzene rings is 1. The zero-order valence-electron chi connectivity index (χ0n) is 10.6. The van der Waals surface area contributed by atoms with Crippen LogP contribution in [0.25, 0.3) is 0 Å². The first-order chi connectivity index (χ1) is 8.52. The minimum absolute atomic E-state index is 0.0302. The number of nitrogens with one attached hydrogen (secondary N) is 1. The summed E-state index contributed by atoms with van der Waals surface area (Å²) in [6.45, 7) is 1.41. The molecule has 1 rings (SSSR count). The summed E-state index contributed by atoms with van der Waals surface area (Å²) in [5.41, 5.74) is 0.234. The summed E-state index contributed by atoms with van der Waals surface area (Å²) >= 11 is 0. The van der Waals surface area contributed by atoms with E-state index in [9.17, 15) is 9.59 Å². The van der Waals surface area contributed by atoms with Gasteiger partial charge in [0.05, 0.1) is 11.1 Å². The lowest BCUT2D eigenvalue weighted by atomic mass is 10.1. The van der Waals surface area contributed by atoms with Crippen LogP contribution in [0.1, 0.15) is 27.1 Å². The zero-order chi connectivity index (χ0) is 13.5. The molecule has 2 N–H and O–H groups in total. The smallest absolute Gasteiger partial charge is 0.336 e. The Morgan fingerprint density at radius 3 is 2.39 bits per heavy atom. The molecule has 1 amide bonds. The predicted octanol–water partition coefficient (Wildman–Crippen LogP) is 1.07. The quantitative estimate of drug-likeness (QED) is 0.741. The molecular weight excluding hydrogens is 232 g/mol. The van der Waals surface area contributed by atoms with Gasteiger partial charge in [0.25, 0.3) is 5.91 Å². The number of rotatable bonds is 6. The van der Waals surface area contributed by atoms with Gasteiger partial charge in [-0.05, 0) is 39.2 Å². The molecule has 0 saturated carbocycles. The third kappa shape index (κ3) is 4.18. The molecule has 0 saturated heterocycles. The van der Waals surface area contributed by atoms with E-state index in [1.54, 1.807) is 12.1 Å². The highest BCUT2D eigenvalue weighted by atomic mass is 16.4. The lowest BCUT2D eigenvalue weighted by molar-refractivity contribution is 0.0691. The number of amides is 1. The Morgan fingerprint density at radius 1 is 1.22 bits per heavy atom. The summed E-state index contributed by atoms with van der Waals surface area (Å²) < 4.78 is 0. The van der Waals surface area contributed by atoms with Crippen LogP contribution in [-0.2, 0) is 0 Å². The van der Waals surface area contributed by atoms with Crippen LogP contribution in [0, 0.1) is 0 Å². The van der Waals surface area contributed by atoms with Crippen molar-refractivity contribution in [2.75, 3.05) is 27.2 Å². The average Bonchev–Trinajstić information content (AvgIpc) is 2.34. The van der Waals surface area contributed by atoms with Crippen LogP contribution >= 0.6 is 0 Å². The molecule has 0 unspecified atom stereocenters. The Balaban J connectivity index is 2.59. The summed E-state index contributed by atoms with van der Waals surface area (Å²) in [7, 11) is 3.92. The molecule has 1 aromatic rings. The molecular formula is C13H18N2O3. The van der Waals surface area contributed by atoms with Gasteiger partial charge in [-0.25, -0.2) is 4.79 Å². The molecule has 5 heteroatoms. The molecule has 18 heavy (non-hydrogen) atoms. The lowest BCUT2D eigenvalue weighted by Gasteiger charge is -2.10. The van der Waals surface area contributed by atoms with Gasteiger partial charge in [0, 0.05) is 6.54 Å². The van der Waals surface area contributed by atoms with Crippen LogP contribution in [0.15, 0.2) is 24.3 Å². The fraction of sp³-hybridized carbons (Fsp3) is 0.385. The third-order valence-corrected chi connectivity index (χ3v) is 2.47. The third-order valence-electron chi connectivity index (χ3n) is 2.47. The average molecular weight is 250 g/mol. The Morgan fingerprint density at radius 2 is 1.83 bits per heavy atom. The van der Waals surface area contributed by atoms with E-state index in [4.69, 9.17) is 5.11 Å². The fourth-order valence-electron chi connectivity index (χ4n) is 1.56. The summed E-state index contributed by atoms with van der Waals surface area (Å²) in [6.07, 6.45) is 0.827. The molecule has 0 aromatic heterocycles. The van der Waals surface area contributed by atoms with Gasteiger partial charge in [-0.3, -0.25) is 4.79 Å². The monoisotopic (exact) mass is 250 g/mol. The number of carbonyl (C=O) groups is 2. The van der Waals surface area contributed by atoms with Crippen molar-refractivity contribution in [3.8, 4) is 0 Å². The molecule has 0 bridgehead atoms. The number of hydrogen-bond acceptors (Lipinski definition) is 3. The molecule has 0 aliphatic rings. The van der Waals surface area contributed by atoms with Gasteiger partial charge >= 0.3 is 5.97 Å². The second-order valence-corrected chi connectivity index (χ2v) is 4.26. The SMILES string of the molecule is CN(C)CCCNC(=O)c1ccccc1C(=O)O. The summed E-state index contributed by atoms with van der Waals surface area (Å²) in [5.74, 6) is -1.43. The van der Waals surface area contributed by atoms with Gasteiger partial charge in [0.1, 0.15) is 0 Å². The van der Waals surface area contributed by atoms with E-state index in [1.807, 2.05) is 19.0 Å². The predicted molar refractivity (Wildman–Crippen MR) is 68.9 cm³/mol. The normalized spacial score (nSPS) is 10.4. The van der Waals surface area contributed by atoms with Gasteiger partial charge in [-0.2, -0.15) is 0 Å². The van der Waals surface area contributed by atoms with E-state index in [0.717, 1.165) is 13.0 Å². The Hall–Kier alpha value is -1.88. The van der Waals surface area contributed by atoms with Crippen LogP contribution in [0.2, 0.25) is 0 Å². The summed E-state index contributed by atoms with van der Waals surface area (Å²) in [4.78, 5) is 24.8. The van der Waals surface area contributed by atoms with Crippen molar-refractivity contribution in [2.45, 2.75) is 6.42 Å². The van der Waals surface area contributed by atoms with Crippen LogP contribution in [-0.4, -0.2) is 49.1 Å². The topological polar surface area (TPSA) is 69.6 Å². The molecule has 0 fully saturated rings. The maximum atomic E-state index is 11.8. The first-order valence-corrected chi connectivity index (χ1v) is 5.77. The van der Waals surface area contributed by atoms with Crippen molar-refractivity contribution >= 4 is 11.9 Å². The van der Waals surface area contributed by atoms with Crippen LogP contribution in [0.4, 0.5) is 0 Å². The molecule has 0 spiro atoms. The molecule has 0 atom stereocenters. The van der Waals surface area contributed by atoms with E-state index in [-0.39, 0.29) is 17.0 Å². The van der Waals surface area contributed by atoms with Crippen molar-refractivity contribution in [1.29, 1.82) is 0 Å². The first kappa shape index (κ1) is 14.2. The highest BCUT2D eigenvalue weighted by Crippen LogP contribution is 2.08. The van der Waals surface area contributed by atoms with Crippen molar-refractivity contribution in [1.82, 2.24) is 10.2 Å². The summed E-state index contributed by atoms with van der Waals surface area (Å²) in [5, 5.41) is 11.7. The van der Waals surface area contributed by atoms with E-state index in [2.05, 4.69) is 5.32 Å². The van der Waals surface area contributed by atoms with Crippen LogP contribution < -0.4 is 5.32 Å². The molecule has 98 valence electrons. The molecule has 0 heterocycles. The van der Waals surface area contributed by atoms with Crippen molar-refractivity contribution in [3.05, 3.63) is 35.4 Å². The standard InChI is InChI=1S/C13H18N2O3/c1-15(2)9-5-8-14-12(16)10-6-3-4-7-11(10)13(17)18/h3-4,6-7H,5,8-9H2,1-2H3,(H,14,16)(H,17,18). The van der Waals surface area contributed by atoms with Gasteiger partial charge in [0.15, 0.2) is 0 Å². The second kappa shape index (κ2) is 6.76. The Bertz CT molecular complexity index is 430. The molecule has 0 aliphatic carbocycles. The number of nitrogens with zero attached hydrogens (tertiary/aromatic N) is 1. The maximum Gasteiger partial charge on any atom is 0.336 e. The lowest BCUT2D eigenvalue weighted by Crippen LogP contribution is -2.28. The van der Waals surface area contributed by atoms with E-state index < -0.39 is 5.97 Å². The Kier molecular flexibility index (Phi) is 5.32. The van der Waals surface area contributed by atoms with Crippen molar-refractivity contribution in [2.24, 2.45) is 0 Å². The number of aromatic carboxylic acids is 1. The number of carbonyl (C=O) groups excluding carboxylic acids is 1. The second-order valence-electron chi connectivity index (χ2n) is 4.26. The minimum Gasteiger partial charge on any atom is -0.478 e. The maximum absolute atomic E-state index is 11.8. The highest BCUT2D eigenvalue weighted by Gasteiger charge is 2.14. The first-order valence-electron chi connectivity index (χ1n) is 5.77. The highest BCUT2D eigenvalue weighted by molar-refractivity contribution is 6.04. The fourth-order valence-corrected chi connectivity index (χ4v) is 1.56. The van der Waals surface area contributed by atoms with Crippen LogP contribution in [0.3, 0.4) is 0 Å². The van der Waals surface area contributed by atoms with Gasteiger partial charge in [0.2, 0.25) is 0 Å². The van der Waals surface area contributed by atoms with E-state index in [1.165, 1.54) is 12.1 Å². The van der Waals surface area contributed by atoms with Gasteiger partial charge in [-0.15, -0.1) is 0 Å². The molecule has 0 radical (unpaired) electrons. The van der Waals surface area contributed by atoms with E-state index in [0.29, 0.717) is 6.54 Å². The number of carboxylic acids is 1. The summed E-state index contributed by atoms with van der Waals surface area (Å²) in [6, 6.07) is 6.20. The molecule has 1 aromatic carbocycles. The number of carboxylic acid groups (broad SMARTS) is 1. The van der Waals surface area contributed by atoms with Crippen LogP contribution in [0.5, 0.6) is 0 Å². The van der Waals surface area contributed by atoms with Gasteiger partial charge < -0.3 is 15.3 Å². The zero-order valence-corrected chi connectivity index (χ0v) is 10.6. The molecule has 0 aliphatic heterocycles. The largest absolute Gasteiger partial charge is 0.478 e. The molecule has 5 nitrogen and oxygen atoms in total. The van der Waals surface area contributed by atoms with Crippen molar-refractivity contribution < 1.29 is 14.7 Å².